The molecule has 1 rings (SSSR count). The zero-order valence-corrected chi connectivity index (χ0v) is 12.2. The second kappa shape index (κ2) is 7.87. The van der Waals surface area contributed by atoms with Gasteiger partial charge < -0.3 is 15.3 Å². The standard InChI is InChI=1S/C14H24N2O4/c1-3-5-12(8-13(18)19)15-14(20)11-6-4-7-16(9-11)10(2)17/h11-12H,3-9H2,1-2H3,(H,15,20)(H,18,19). The summed E-state index contributed by atoms with van der Waals surface area (Å²) in [6.07, 6.45) is 2.99. The van der Waals surface area contributed by atoms with Crippen molar-refractivity contribution in [1.82, 2.24) is 10.2 Å². The van der Waals surface area contributed by atoms with E-state index < -0.39 is 5.97 Å². The molecule has 1 fully saturated rings. The highest BCUT2D eigenvalue weighted by Gasteiger charge is 2.28. The highest BCUT2D eigenvalue weighted by molar-refractivity contribution is 5.81. The van der Waals surface area contributed by atoms with Crippen LogP contribution in [0.5, 0.6) is 0 Å². The molecule has 1 saturated heterocycles. The van der Waals surface area contributed by atoms with Crippen molar-refractivity contribution in [2.45, 2.75) is 52.0 Å². The van der Waals surface area contributed by atoms with Gasteiger partial charge in [-0.25, -0.2) is 0 Å². The molecule has 2 amide bonds. The predicted octanol–water partition coefficient (Wildman–Crippen LogP) is 1.00. The van der Waals surface area contributed by atoms with Crippen LogP contribution in [0, 0.1) is 5.92 Å². The smallest absolute Gasteiger partial charge is 0.305 e. The lowest BCUT2D eigenvalue weighted by Gasteiger charge is -2.32. The number of likely N-dealkylation sites (tertiary alicyclic amines) is 1. The van der Waals surface area contributed by atoms with Crippen molar-refractivity contribution in [2.24, 2.45) is 5.92 Å². The quantitative estimate of drug-likeness (QED) is 0.762. The van der Waals surface area contributed by atoms with Gasteiger partial charge in [0.05, 0.1) is 12.3 Å². The van der Waals surface area contributed by atoms with Crippen molar-refractivity contribution in [1.29, 1.82) is 0 Å². The van der Waals surface area contributed by atoms with Crippen LogP contribution in [0.4, 0.5) is 0 Å². The minimum absolute atomic E-state index is 0.0156. The minimum Gasteiger partial charge on any atom is -0.481 e. The first kappa shape index (κ1) is 16.5. The van der Waals surface area contributed by atoms with Gasteiger partial charge in [0.25, 0.3) is 0 Å². The van der Waals surface area contributed by atoms with E-state index in [1.165, 1.54) is 6.92 Å². The maximum absolute atomic E-state index is 12.2. The number of nitrogens with zero attached hydrogens (tertiary/aromatic N) is 1. The lowest BCUT2D eigenvalue weighted by atomic mass is 9.96. The Hall–Kier alpha value is -1.59. The third kappa shape index (κ3) is 5.19. The molecular weight excluding hydrogens is 260 g/mol. The Bertz CT molecular complexity index is 370. The molecule has 2 unspecified atom stereocenters. The molecule has 1 aliphatic rings. The van der Waals surface area contributed by atoms with E-state index in [1.807, 2.05) is 6.92 Å². The summed E-state index contributed by atoms with van der Waals surface area (Å²) in [7, 11) is 0. The van der Waals surface area contributed by atoms with Crippen molar-refractivity contribution in [2.75, 3.05) is 13.1 Å². The van der Waals surface area contributed by atoms with Gasteiger partial charge in [0, 0.05) is 26.1 Å². The Morgan fingerprint density at radius 3 is 2.65 bits per heavy atom. The summed E-state index contributed by atoms with van der Waals surface area (Å²) in [5, 5.41) is 11.7. The lowest BCUT2D eigenvalue weighted by molar-refractivity contribution is -0.138. The first-order valence-corrected chi connectivity index (χ1v) is 7.21. The molecule has 0 bridgehead atoms. The van der Waals surface area contributed by atoms with Crippen LogP contribution >= 0.6 is 0 Å². The Morgan fingerprint density at radius 2 is 2.10 bits per heavy atom. The van der Waals surface area contributed by atoms with E-state index in [0.29, 0.717) is 19.5 Å². The summed E-state index contributed by atoms with van der Waals surface area (Å²) in [6, 6.07) is -0.322. The largest absolute Gasteiger partial charge is 0.481 e. The van der Waals surface area contributed by atoms with E-state index in [0.717, 1.165) is 19.3 Å². The summed E-state index contributed by atoms with van der Waals surface area (Å²) < 4.78 is 0. The van der Waals surface area contributed by atoms with Gasteiger partial charge in [-0.15, -0.1) is 0 Å². The molecule has 1 aliphatic heterocycles. The average molecular weight is 284 g/mol. The van der Waals surface area contributed by atoms with Gasteiger partial charge in [-0.1, -0.05) is 13.3 Å². The van der Waals surface area contributed by atoms with Crippen molar-refractivity contribution in [3.05, 3.63) is 0 Å². The Balaban J connectivity index is 2.54. The number of carboxylic acids is 1. The monoisotopic (exact) mass is 284 g/mol. The Morgan fingerprint density at radius 1 is 1.40 bits per heavy atom. The van der Waals surface area contributed by atoms with E-state index in [1.54, 1.807) is 4.90 Å². The first-order valence-electron chi connectivity index (χ1n) is 7.21. The van der Waals surface area contributed by atoms with Crippen molar-refractivity contribution in [3.63, 3.8) is 0 Å². The minimum atomic E-state index is -0.905. The van der Waals surface area contributed by atoms with Crippen LogP contribution in [0.25, 0.3) is 0 Å². The predicted molar refractivity (Wildman–Crippen MR) is 74.1 cm³/mol. The number of carbonyl (C=O) groups excluding carboxylic acids is 2. The Kier molecular flexibility index (Phi) is 6.48. The van der Waals surface area contributed by atoms with E-state index in [2.05, 4.69) is 5.32 Å². The summed E-state index contributed by atoms with van der Waals surface area (Å²) in [6.45, 7) is 4.60. The highest BCUT2D eigenvalue weighted by Crippen LogP contribution is 2.17. The summed E-state index contributed by atoms with van der Waals surface area (Å²) in [4.78, 5) is 36.0. The summed E-state index contributed by atoms with van der Waals surface area (Å²) in [5.41, 5.74) is 0. The zero-order valence-electron chi connectivity index (χ0n) is 12.2. The number of amides is 2. The van der Waals surface area contributed by atoms with Crippen molar-refractivity contribution in [3.8, 4) is 0 Å². The molecule has 0 aromatic heterocycles. The molecule has 6 nitrogen and oxygen atoms in total. The molecule has 0 saturated carbocycles. The Labute approximate surface area is 119 Å². The van der Waals surface area contributed by atoms with Gasteiger partial charge in [-0.05, 0) is 19.3 Å². The molecule has 0 aromatic rings. The second-order valence-corrected chi connectivity index (χ2v) is 5.40. The molecule has 0 radical (unpaired) electrons. The van der Waals surface area contributed by atoms with E-state index in [-0.39, 0.29) is 30.2 Å². The molecule has 1 heterocycles. The van der Waals surface area contributed by atoms with Crippen LogP contribution in [-0.2, 0) is 14.4 Å². The molecule has 20 heavy (non-hydrogen) atoms. The SMILES string of the molecule is CCCC(CC(=O)O)NC(=O)C1CCCN(C(C)=O)C1. The molecule has 0 aliphatic carbocycles. The van der Waals surface area contributed by atoms with Gasteiger partial charge in [0.15, 0.2) is 0 Å². The second-order valence-electron chi connectivity index (χ2n) is 5.40. The number of piperidine rings is 1. The van der Waals surface area contributed by atoms with Crippen molar-refractivity contribution >= 4 is 17.8 Å². The number of hydrogen-bond acceptors (Lipinski definition) is 3. The van der Waals surface area contributed by atoms with E-state index in [9.17, 15) is 14.4 Å². The maximum atomic E-state index is 12.2. The van der Waals surface area contributed by atoms with Gasteiger partial charge in [-0.3, -0.25) is 14.4 Å². The number of aliphatic carboxylic acids is 1. The summed E-state index contributed by atoms with van der Waals surface area (Å²) >= 11 is 0. The van der Waals surface area contributed by atoms with Crippen LogP contribution < -0.4 is 5.32 Å². The molecule has 2 N–H and O–H groups in total. The van der Waals surface area contributed by atoms with E-state index in [4.69, 9.17) is 5.11 Å². The van der Waals surface area contributed by atoms with E-state index >= 15 is 0 Å². The van der Waals surface area contributed by atoms with Gasteiger partial charge in [0.2, 0.25) is 11.8 Å². The van der Waals surface area contributed by atoms with Crippen LogP contribution in [0.15, 0.2) is 0 Å². The van der Waals surface area contributed by atoms with Crippen LogP contribution in [-0.4, -0.2) is 46.9 Å². The normalized spacial score (nSPS) is 20.3. The fourth-order valence-electron chi connectivity index (χ4n) is 2.58. The van der Waals surface area contributed by atoms with Gasteiger partial charge in [0.1, 0.15) is 0 Å². The van der Waals surface area contributed by atoms with Crippen LogP contribution in [0.1, 0.15) is 46.0 Å². The fraction of sp³-hybridized carbons (Fsp3) is 0.786. The molecule has 6 heteroatoms. The number of rotatable bonds is 6. The molecular formula is C14H24N2O4. The topological polar surface area (TPSA) is 86.7 Å². The molecule has 0 aromatic carbocycles. The zero-order chi connectivity index (χ0) is 15.1. The number of carboxylic acid groups (broad SMARTS) is 1. The van der Waals surface area contributed by atoms with Crippen LogP contribution in [0.3, 0.4) is 0 Å². The summed E-state index contributed by atoms with van der Waals surface area (Å²) in [5.74, 6) is -1.27. The van der Waals surface area contributed by atoms with Gasteiger partial charge >= 0.3 is 5.97 Å². The number of nitrogens with one attached hydrogen (secondary N) is 1. The number of carbonyl (C=O) groups is 3. The molecule has 2 atom stereocenters. The molecule has 0 spiro atoms. The van der Waals surface area contributed by atoms with Crippen LogP contribution in [0.2, 0.25) is 0 Å². The molecule has 114 valence electrons. The van der Waals surface area contributed by atoms with Gasteiger partial charge in [-0.2, -0.15) is 0 Å². The highest BCUT2D eigenvalue weighted by atomic mass is 16.4. The van der Waals surface area contributed by atoms with Crippen molar-refractivity contribution < 1.29 is 19.5 Å². The third-order valence-corrected chi connectivity index (χ3v) is 3.64. The first-order chi connectivity index (χ1) is 9.43. The average Bonchev–Trinajstić information content (AvgIpc) is 2.38. The fourth-order valence-corrected chi connectivity index (χ4v) is 2.58. The third-order valence-electron chi connectivity index (χ3n) is 3.64. The number of hydrogen-bond donors (Lipinski definition) is 2. The lowest BCUT2D eigenvalue weighted by Crippen LogP contribution is -2.47. The maximum Gasteiger partial charge on any atom is 0.305 e.